The molecular weight excluding hydrogens is 166 g/mol. The first kappa shape index (κ1) is 8.72. The highest BCUT2D eigenvalue weighted by Crippen LogP contribution is 2.32. The summed E-state index contributed by atoms with van der Waals surface area (Å²) in [5.41, 5.74) is 7.71. The Bertz CT molecular complexity index is 284. The van der Waals surface area contributed by atoms with Gasteiger partial charge >= 0.3 is 0 Å². The largest absolute Gasteiger partial charge is 0.369 e. The zero-order valence-electron chi connectivity index (χ0n) is 7.79. The number of ether oxygens (including phenoxy) is 1. The van der Waals surface area contributed by atoms with E-state index in [4.69, 9.17) is 10.5 Å². The molecule has 1 aliphatic rings. The molecule has 0 aliphatic carbocycles. The number of aromatic amines is 1. The van der Waals surface area contributed by atoms with Crippen molar-refractivity contribution >= 4 is 0 Å². The highest BCUT2D eigenvalue weighted by molar-refractivity contribution is 5.19. The summed E-state index contributed by atoms with van der Waals surface area (Å²) in [5.74, 6) is 0. The van der Waals surface area contributed by atoms with E-state index in [9.17, 15) is 0 Å². The van der Waals surface area contributed by atoms with Crippen LogP contribution >= 0.6 is 0 Å². The SMILES string of the molecule is CC1CCC(c2[nH]ncc2CN)O1. The van der Waals surface area contributed by atoms with Gasteiger partial charge < -0.3 is 10.5 Å². The molecule has 2 atom stereocenters. The molecule has 0 radical (unpaired) electrons. The Hall–Kier alpha value is -0.870. The Labute approximate surface area is 77.5 Å². The Balaban J connectivity index is 2.16. The van der Waals surface area contributed by atoms with Gasteiger partial charge in [-0.2, -0.15) is 5.10 Å². The highest BCUT2D eigenvalue weighted by atomic mass is 16.5. The number of nitrogens with one attached hydrogen (secondary N) is 1. The Morgan fingerprint density at radius 3 is 3.15 bits per heavy atom. The van der Waals surface area contributed by atoms with E-state index in [1.807, 2.05) is 0 Å². The summed E-state index contributed by atoms with van der Waals surface area (Å²) in [6.07, 6.45) is 4.50. The third-order valence-corrected chi connectivity index (χ3v) is 2.53. The molecule has 1 aromatic heterocycles. The molecule has 0 amide bonds. The van der Waals surface area contributed by atoms with Gasteiger partial charge in [-0.05, 0) is 19.8 Å². The standard InChI is InChI=1S/C9H15N3O/c1-6-2-3-8(13-6)9-7(4-10)5-11-12-9/h5-6,8H,2-4,10H2,1H3,(H,11,12). The van der Waals surface area contributed by atoms with Crippen molar-refractivity contribution in [1.29, 1.82) is 0 Å². The lowest BCUT2D eigenvalue weighted by atomic mass is 10.1. The number of nitrogens with two attached hydrogens (primary N) is 1. The van der Waals surface area contributed by atoms with Gasteiger partial charge in [-0.15, -0.1) is 0 Å². The summed E-state index contributed by atoms with van der Waals surface area (Å²) in [6.45, 7) is 2.62. The molecule has 1 aromatic rings. The molecule has 3 N–H and O–H groups in total. The second-order valence-corrected chi connectivity index (χ2v) is 3.53. The van der Waals surface area contributed by atoms with Crippen molar-refractivity contribution in [2.75, 3.05) is 0 Å². The monoisotopic (exact) mass is 181 g/mol. The first-order chi connectivity index (χ1) is 6.31. The lowest BCUT2D eigenvalue weighted by Gasteiger charge is -2.10. The molecule has 0 aromatic carbocycles. The van der Waals surface area contributed by atoms with Crippen molar-refractivity contribution in [2.24, 2.45) is 5.73 Å². The highest BCUT2D eigenvalue weighted by Gasteiger charge is 2.26. The molecule has 0 saturated carbocycles. The van der Waals surface area contributed by atoms with Gasteiger partial charge in [0.2, 0.25) is 0 Å². The van der Waals surface area contributed by atoms with Gasteiger partial charge in [-0.1, -0.05) is 0 Å². The van der Waals surface area contributed by atoms with E-state index in [0.717, 1.165) is 24.1 Å². The van der Waals surface area contributed by atoms with Gasteiger partial charge in [-0.3, -0.25) is 5.10 Å². The van der Waals surface area contributed by atoms with Gasteiger partial charge in [0.25, 0.3) is 0 Å². The maximum Gasteiger partial charge on any atom is 0.0996 e. The fourth-order valence-corrected chi connectivity index (χ4v) is 1.78. The van der Waals surface area contributed by atoms with Crippen LogP contribution in [0, 0.1) is 0 Å². The minimum atomic E-state index is 0.177. The van der Waals surface area contributed by atoms with E-state index in [1.54, 1.807) is 6.20 Å². The van der Waals surface area contributed by atoms with Crippen molar-refractivity contribution in [2.45, 2.75) is 38.5 Å². The summed E-state index contributed by atoms with van der Waals surface area (Å²) < 4.78 is 5.72. The third-order valence-electron chi connectivity index (χ3n) is 2.53. The average molecular weight is 181 g/mol. The Kier molecular flexibility index (Phi) is 2.33. The van der Waals surface area contributed by atoms with Gasteiger partial charge in [0, 0.05) is 12.1 Å². The molecule has 4 heteroatoms. The fourth-order valence-electron chi connectivity index (χ4n) is 1.78. The maximum absolute atomic E-state index is 5.72. The average Bonchev–Trinajstić information content (AvgIpc) is 2.71. The van der Waals surface area contributed by atoms with Crippen LogP contribution < -0.4 is 5.73 Å². The first-order valence-corrected chi connectivity index (χ1v) is 4.69. The molecule has 4 nitrogen and oxygen atoms in total. The predicted octanol–water partition coefficient (Wildman–Crippen LogP) is 1.11. The second kappa shape index (κ2) is 3.47. The fraction of sp³-hybridized carbons (Fsp3) is 0.667. The predicted molar refractivity (Wildman–Crippen MR) is 49.0 cm³/mol. The summed E-state index contributed by atoms with van der Waals surface area (Å²) in [6, 6.07) is 0. The van der Waals surface area contributed by atoms with Crippen LogP contribution in [0.3, 0.4) is 0 Å². The Morgan fingerprint density at radius 1 is 1.69 bits per heavy atom. The van der Waals surface area contributed by atoms with E-state index < -0.39 is 0 Å². The molecule has 1 fully saturated rings. The zero-order valence-corrected chi connectivity index (χ0v) is 7.79. The van der Waals surface area contributed by atoms with E-state index in [1.165, 1.54) is 0 Å². The van der Waals surface area contributed by atoms with Crippen LogP contribution in [0.15, 0.2) is 6.20 Å². The van der Waals surface area contributed by atoms with Crippen molar-refractivity contribution in [3.8, 4) is 0 Å². The van der Waals surface area contributed by atoms with E-state index in [2.05, 4.69) is 17.1 Å². The van der Waals surface area contributed by atoms with Crippen LogP contribution in [0.25, 0.3) is 0 Å². The minimum absolute atomic E-state index is 0.177. The second-order valence-electron chi connectivity index (χ2n) is 3.53. The molecule has 72 valence electrons. The maximum atomic E-state index is 5.72. The van der Waals surface area contributed by atoms with Gasteiger partial charge in [0.05, 0.1) is 24.1 Å². The Morgan fingerprint density at radius 2 is 2.54 bits per heavy atom. The van der Waals surface area contributed by atoms with Crippen molar-refractivity contribution in [3.63, 3.8) is 0 Å². The molecule has 2 heterocycles. The lowest BCUT2D eigenvalue weighted by molar-refractivity contribution is 0.0525. The van der Waals surface area contributed by atoms with E-state index in [-0.39, 0.29) is 6.10 Å². The number of nitrogens with zero attached hydrogens (tertiary/aromatic N) is 1. The topological polar surface area (TPSA) is 63.9 Å². The van der Waals surface area contributed by atoms with Crippen LogP contribution in [0.5, 0.6) is 0 Å². The van der Waals surface area contributed by atoms with Crippen molar-refractivity contribution in [3.05, 3.63) is 17.5 Å². The van der Waals surface area contributed by atoms with Crippen LogP contribution in [-0.2, 0) is 11.3 Å². The molecule has 0 bridgehead atoms. The number of hydrogen-bond donors (Lipinski definition) is 2. The normalized spacial score (nSPS) is 28.2. The molecular formula is C9H15N3O. The van der Waals surface area contributed by atoms with E-state index in [0.29, 0.717) is 12.6 Å². The molecule has 1 aliphatic heterocycles. The summed E-state index contributed by atoms with van der Waals surface area (Å²) in [5, 5.41) is 6.94. The molecule has 2 rings (SSSR count). The lowest BCUT2D eigenvalue weighted by Crippen LogP contribution is -2.06. The first-order valence-electron chi connectivity index (χ1n) is 4.69. The van der Waals surface area contributed by atoms with Crippen LogP contribution in [0.2, 0.25) is 0 Å². The minimum Gasteiger partial charge on any atom is -0.369 e. The quantitative estimate of drug-likeness (QED) is 0.718. The van der Waals surface area contributed by atoms with Crippen LogP contribution in [0.1, 0.15) is 37.1 Å². The van der Waals surface area contributed by atoms with E-state index >= 15 is 0 Å². The third kappa shape index (κ3) is 1.59. The van der Waals surface area contributed by atoms with Crippen LogP contribution in [0.4, 0.5) is 0 Å². The van der Waals surface area contributed by atoms with Gasteiger partial charge in [0.1, 0.15) is 0 Å². The van der Waals surface area contributed by atoms with Gasteiger partial charge in [0.15, 0.2) is 0 Å². The molecule has 13 heavy (non-hydrogen) atoms. The smallest absolute Gasteiger partial charge is 0.0996 e. The van der Waals surface area contributed by atoms with Crippen molar-refractivity contribution in [1.82, 2.24) is 10.2 Å². The zero-order chi connectivity index (χ0) is 9.26. The summed E-state index contributed by atoms with van der Waals surface area (Å²) in [7, 11) is 0. The molecule has 1 saturated heterocycles. The molecule has 2 unspecified atom stereocenters. The number of aromatic nitrogens is 2. The molecule has 0 spiro atoms. The number of rotatable bonds is 2. The summed E-state index contributed by atoms with van der Waals surface area (Å²) in [4.78, 5) is 0. The van der Waals surface area contributed by atoms with Gasteiger partial charge in [-0.25, -0.2) is 0 Å². The number of hydrogen-bond acceptors (Lipinski definition) is 3. The number of H-pyrrole nitrogens is 1. The van der Waals surface area contributed by atoms with Crippen LogP contribution in [-0.4, -0.2) is 16.3 Å². The van der Waals surface area contributed by atoms with Crippen molar-refractivity contribution < 1.29 is 4.74 Å². The summed E-state index contributed by atoms with van der Waals surface area (Å²) >= 11 is 0.